The van der Waals surface area contributed by atoms with Crippen molar-refractivity contribution in [2.24, 2.45) is 0 Å². The van der Waals surface area contributed by atoms with Crippen LogP contribution in [0.1, 0.15) is 17.3 Å². The first-order valence-corrected chi connectivity index (χ1v) is 10.3. The Kier molecular flexibility index (Phi) is 8.70. The minimum Gasteiger partial charge on any atom is -0.493 e. The van der Waals surface area contributed by atoms with Gasteiger partial charge in [0.1, 0.15) is 12.7 Å². The van der Waals surface area contributed by atoms with E-state index >= 15 is 0 Å². The number of nitrogens with one attached hydrogen (secondary N) is 1. The normalized spacial score (nSPS) is 11.8. The molecule has 0 fully saturated rings. The Balaban J connectivity index is 1.40. The van der Waals surface area contributed by atoms with Gasteiger partial charge in [0, 0.05) is 6.54 Å². The van der Waals surface area contributed by atoms with Crippen molar-refractivity contribution in [3.05, 3.63) is 59.7 Å². The second-order valence-electron chi connectivity index (χ2n) is 7.08. The number of hydrogen-bond acceptors (Lipinski definition) is 9. The van der Waals surface area contributed by atoms with E-state index in [1.807, 2.05) is 30.3 Å². The first kappa shape index (κ1) is 23.4. The fraction of sp³-hybridized carbons (Fsp3) is 0.391. The molecule has 9 nitrogen and oxygen atoms in total. The quantitative estimate of drug-likeness (QED) is 0.385. The minimum absolute atomic E-state index is 0.128. The Hall–Kier alpha value is -3.30. The molecule has 1 unspecified atom stereocenters. The SMILES string of the molecule is COc1ccc(CCNCC(O)COc2ccccc2OCc2nc(C)no2)cc1OC. The molecule has 2 N–H and O–H groups in total. The third-order valence-corrected chi connectivity index (χ3v) is 4.62. The highest BCUT2D eigenvalue weighted by atomic mass is 16.5. The van der Waals surface area contributed by atoms with Gasteiger partial charge < -0.3 is 33.9 Å². The third kappa shape index (κ3) is 6.86. The first-order chi connectivity index (χ1) is 15.6. The standard InChI is InChI=1S/C23H29N3O6/c1-16-25-23(32-26-16)15-31-21-7-5-4-6-20(21)30-14-18(27)13-24-11-10-17-8-9-19(28-2)22(12-17)29-3/h4-9,12,18,24,27H,10-11,13-15H2,1-3H3. The summed E-state index contributed by atoms with van der Waals surface area (Å²) in [6.07, 6.45) is 0.117. The Bertz CT molecular complexity index is 978. The Labute approximate surface area is 187 Å². The number of rotatable bonds is 13. The van der Waals surface area contributed by atoms with E-state index in [0.717, 1.165) is 12.0 Å². The molecule has 0 spiro atoms. The zero-order chi connectivity index (χ0) is 22.8. The predicted molar refractivity (Wildman–Crippen MR) is 117 cm³/mol. The van der Waals surface area contributed by atoms with Crippen LogP contribution < -0.4 is 24.3 Å². The second kappa shape index (κ2) is 11.9. The summed E-state index contributed by atoms with van der Waals surface area (Å²) in [4.78, 5) is 4.11. The Morgan fingerprint density at radius 2 is 1.75 bits per heavy atom. The topological polar surface area (TPSA) is 108 Å². The molecule has 2 aromatic carbocycles. The van der Waals surface area contributed by atoms with Crippen LogP contribution in [0.2, 0.25) is 0 Å². The summed E-state index contributed by atoms with van der Waals surface area (Å²) in [7, 11) is 3.23. The summed E-state index contributed by atoms with van der Waals surface area (Å²) in [6, 6.07) is 13.1. The van der Waals surface area contributed by atoms with Crippen LogP contribution in [0.15, 0.2) is 47.0 Å². The highest BCUT2D eigenvalue weighted by molar-refractivity contribution is 5.43. The summed E-state index contributed by atoms with van der Waals surface area (Å²) in [5.41, 5.74) is 1.11. The van der Waals surface area contributed by atoms with Crippen LogP contribution in [-0.4, -0.2) is 55.3 Å². The van der Waals surface area contributed by atoms with Gasteiger partial charge in [-0.2, -0.15) is 4.98 Å². The maximum atomic E-state index is 10.3. The average Bonchev–Trinajstić information content (AvgIpc) is 3.24. The molecule has 0 aliphatic carbocycles. The fourth-order valence-electron chi connectivity index (χ4n) is 3.01. The summed E-state index contributed by atoms with van der Waals surface area (Å²) in [6.45, 7) is 3.12. The van der Waals surface area contributed by atoms with Crippen molar-refractivity contribution in [2.45, 2.75) is 26.1 Å². The van der Waals surface area contributed by atoms with Gasteiger partial charge in [0.15, 0.2) is 35.4 Å². The van der Waals surface area contributed by atoms with E-state index in [4.69, 9.17) is 23.5 Å². The number of para-hydroxylation sites is 2. The van der Waals surface area contributed by atoms with Gasteiger partial charge in [0.25, 0.3) is 5.89 Å². The van der Waals surface area contributed by atoms with E-state index in [2.05, 4.69) is 15.5 Å². The molecule has 0 aliphatic heterocycles. The van der Waals surface area contributed by atoms with Crippen LogP contribution >= 0.6 is 0 Å². The van der Waals surface area contributed by atoms with Crippen LogP contribution in [-0.2, 0) is 13.0 Å². The molecule has 0 saturated heterocycles. The molecule has 0 bridgehead atoms. The van der Waals surface area contributed by atoms with Crippen molar-refractivity contribution in [2.75, 3.05) is 33.9 Å². The fourth-order valence-corrected chi connectivity index (χ4v) is 3.01. The molecule has 3 rings (SSSR count). The first-order valence-electron chi connectivity index (χ1n) is 10.3. The van der Waals surface area contributed by atoms with Crippen LogP contribution in [0.3, 0.4) is 0 Å². The molecule has 0 aliphatic rings. The molecule has 0 amide bonds. The van der Waals surface area contributed by atoms with Gasteiger partial charge in [0.05, 0.1) is 14.2 Å². The molecule has 172 valence electrons. The van der Waals surface area contributed by atoms with Gasteiger partial charge in [-0.15, -0.1) is 0 Å². The van der Waals surface area contributed by atoms with Crippen LogP contribution in [0, 0.1) is 6.92 Å². The largest absolute Gasteiger partial charge is 0.493 e. The number of methoxy groups -OCH3 is 2. The van der Waals surface area contributed by atoms with E-state index < -0.39 is 6.10 Å². The molecule has 1 aromatic heterocycles. The van der Waals surface area contributed by atoms with Crippen molar-refractivity contribution < 1.29 is 28.6 Å². The van der Waals surface area contributed by atoms with Gasteiger partial charge in [-0.05, 0) is 49.7 Å². The minimum atomic E-state index is -0.674. The van der Waals surface area contributed by atoms with E-state index in [-0.39, 0.29) is 13.2 Å². The molecule has 0 saturated carbocycles. The lowest BCUT2D eigenvalue weighted by Gasteiger charge is -2.15. The highest BCUT2D eigenvalue weighted by Crippen LogP contribution is 2.28. The van der Waals surface area contributed by atoms with Crippen LogP contribution in [0.5, 0.6) is 23.0 Å². The van der Waals surface area contributed by atoms with Crippen LogP contribution in [0.4, 0.5) is 0 Å². The van der Waals surface area contributed by atoms with Crippen LogP contribution in [0.25, 0.3) is 0 Å². The number of nitrogens with zero attached hydrogens (tertiary/aromatic N) is 2. The lowest BCUT2D eigenvalue weighted by molar-refractivity contribution is 0.103. The zero-order valence-electron chi connectivity index (χ0n) is 18.5. The van der Waals surface area contributed by atoms with Crippen molar-refractivity contribution in [1.29, 1.82) is 0 Å². The highest BCUT2D eigenvalue weighted by Gasteiger charge is 2.11. The maximum absolute atomic E-state index is 10.3. The number of aryl methyl sites for hydroxylation is 1. The van der Waals surface area contributed by atoms with E-state index in [9.17, 15) is 5.11 Å². The molecule has 1 heterocycles. The second-order valence-corrected chi connectivity index (χ2v) is 7.08. The monoisotopic (exact) mass is 443 g/mol. The molecular formula is C23H29N3O6. The number of aliphatic hydroxyl groups excluding tert-OH is 1. The van der Waals surface area contributed by atoms with Crippen molar-refractivity contribution in [1.82, 2.24) is 15.5 Å². The Morgan fingerprint density at radius 1 is 1.00 bits per heavy atom. The average molecular weight is 444 g/mol. The van der Waals surface area contributed by atoms with Gasteiger partial charge in [-0.25, -0.2) is 0 Å². The zero-order valence-corrected chi connectivity index (χ0v) is 18.5. The molecule has 1 atom stereocenters. The summed E-state index contributed by atoms with van der Waals surface area (Å²) in [5, 5.41) is 17.2. The number of ether oxygens (including phenoxy) is 4. The molecule has 32 heavy (non-hydrogen) atoms. The number of aliphatic hydroxyl groups is 1. The Morgan fingerprint density at radius 3 is 2.44 bits per heavy atom. The molecule has 9 heteroatoms. The van der Waals surface area contributed by atoms with Crippen molar-refractivity contribution in [3.63, 3.8) is 0 Å². The lowest BCUT2D eigenvalue weighted by Crippen LogP contribution is -2.32. The van der Waals surface area contributed by atoms with E-state index in [0.29, 0.717) is 47.8 Å². The summed E-state index contributed by atoms with van der Waals surface area (Å²) < 4.78 is 27.1. The summed E-state index contributed by atoms with van der Waals surface area (Å²) in [5.74, 6) is 3.41. The number of hydrogen-bond donors (Lipinski definition) is 2. The lowest BCUT2D eigenvalue weighted by atomic mass is 10.1. The summed E-state index contributed by atoms with van der Waals surface area (Å²) >= 11 is 0. The number of aromatic nitrogens is 2. The van der Waals surface area contributed by atoms with E-state index in [1.165, 1.54) is 0 Å². The smallest absolute Gasteiger partial charge is 0.264 e. The molecule has 0 radical (unpaired) electrons. The predicted octanol–water partition coefficient (Wildman–Crippen LogP) is 2.55. The van der Waals surface area contributed by atoms with Crippen molar-refractivity contribution >= 4 is 0 Å². The van der Waals surface area contributed by atoms with Gasteiger partial charge in [-0.1, -0.05) is 23.4 Å². The van der Waals surface area contributed by atoms with Crippen molar-refractivity contribution in [3.8, 4) is 23.0 Å². The van der Waals surface area contributed by atoms with Gasteiger partial charge in [0.2, 0.25) is 0 Å². The maximum Gasteiger partial charge on any atom is 0.264 e. The van der Waals surface area contributed by atoms with Gasteiger partial charge in [-0.3, -0.25) is 0 Å². The third-order valence-electron chi connectivity index (χ3n) is 4.62. The molecular weight excluding hydrogens is 414 g/mol. The van der Waals surface area contributed by atoms with E-state index in [1.54, 1.807) is 33.3 Å². The molecule has 3 aromatic rings. The van der Waals surface area contributed by atoms with Gasteiger partial charge >= 0.3 is 0 Å². The number of benzene rings is 2.